The van der Waals surface area contributed by atoms with Crippen molar-refractivity contribution in [1.29, 1.82) is 0 Å². The molecule has 1 aliphatic rings. The molecular weight excluding hydrogens is 196 g/mol. The Labute approximate surface area is 89.7 Å². The van der Waals surface area contributed by atoms with E-state index in [0.717, 1.165) is 24.5 Å². The van der Waals surface area contributed by atoms with Gasteiger partial charge in [-0.05, 0) is 30.5 Å². The lowest BCUT2D eigenvalue weighted by Gasteiger charge is -2.31. The molecule has 0 saturated heterocycles. The predicted molar refractivity (Wildman–Crippen MR) is 61.0 cm³/mol. The van der Waals surface area contributed by atoms with Crippen molar-refractivity contribution in [2.24, 2.45) is 5.73 Å². The van der Waals surface area contributed by atoms with Crippen molar-refractivity contribution in [1.82, 2.24) is 0 Å². The number of anilines is 1. The topological polar surface area (TPSA) is 29.3 Å². The second kappa shape index (κ2) is 4.20. The van der Waals surface area contributed by atoms with Crippen LogP contribution in [0.5, 0.6) is 0 Å². The fourth-order valence-corrected chi connectivity index (χ4v) is 2.18. The van der Waals surface area contributed by atoms with Crippen LogP contribution in [0.15, 0.2) is 18.2 Å². The van der Waals surface area contributed by atoms with Gasteiger partial charge in [-0.3, -0.25) is 0 Å². The number of hydrogen-bond acceptors (Lipinski definition) is 2. The van der Waals surface area contributed by atoms with Gasteiger partial charge in [0.1, 0.15) is 0 Å². The molecule has 2 rings (SSSR count). The minimum atomic E-state index is 0.700. The van der Waals surface area contributed by atoms with E-state index in [9.17, 15) is 0 Å². The summed E-state index contributed by atoms with van der Waals surface area (Å²) in [5, 5.41) is 0.813. The first-order valence-corrected chi connectivity index (χ1v) is 5.42. The minimum absolute atomic E-state index is 0.700. The van der Waals surface area contributed by atoms with Crippen LogP contribution in [0.4, 0.5) is 5.69 Å². The van der Waals surface area contributed by atoms with Crippen molar-refractivity contribution in [2.45, 2.75) is 12.8 Å². The van der Waals surface area contributed by atoms with Crippen molar-refractivity contribution >= 4 is 17.3 Å². The molecule has 2 N–H and O–H groups in total. The van der Waals surface area contributed by atoms with Crippen molar-refractivity contribution in [3.8, 4) is 0 Å². The van der Waals surface area contributed by atoms with Gasteiger partial charge in [-0.25, -0.2) is 0 Å². The van der Waals surface area contributed by atoms with Gasteiger partial charge >= 0.3 is 0 Å². The third-order valence-corrected chi connectivity index (χ3v) is 2.90. The molecule has 0 radical (unpaired) electrons. The number of hydrogen-bond donors (Lipinski definition) is 1. The molecule has 0 unspecified atom stereocenters. The molecule has 0 atom stereocenters. The van der Waals surface area contributed by atoms with E-state index in [-0.39, 0.29) is 0 Å². The Kier molecular flexibility index (Phi) is 2.94. The second-order valence-electron chi connectivity index (χ2n) is 3.65. The number of rotatable bonds is 2. The summed E-state index contributed by atoms with van der Waals surface area (Å²) in [4.78, 5) is 2.32. The highest BCUT2D eigenvalue weighted by Gasteiger charge is 2.15. The highest BCUT2D eigenvalue weighted by molar-refractivity contribution is 6.30. The number of benzene rings is 1. The molecule has 0 fully saturated rings. The molecule has 1 aromatic rings. The standard InChI is InChI=1S/C11H15ClN2/c12-10-4-3-9-2-1-6-14(7-5-13)11(9)8-10/h3-4,8H,1-2,5-7,13H2. The van der Waals surface area contributed by atoms with Gasteiger partial charge in [0.15, 0.2) is 0 Å². The number of fused-ring (bicyclic) bond motifs is 1. The average Bonchev–Trinajstić information content (AvgIpc) is 2.19. The molecule has 0 saturated carbocycles. The van der Waals surface area contributed by atoms with E-state index in [4.69, 9.17) is 17.3 Å². The van der Waals surface area contributed by atoms with Crippen LogP contribution >= 0.6 is 11.6 Å². The van der Waals surface area contributed by atoms with E-state index in [2.05, 4.69) is 11.0 Å². The zero-order valence-electron chi connectivity index (χ0n) is 8.17. The Balaban J connectivity index is 2.32. The molecule has 0 aliphatic carbocycles. The summed E-state index contributed by atoms with van der Waals surface area (Å²) in [6.45, 7) is 2.73. The lowest BCUT2D eigenvalue weighted by atomic mass is 10.0. The van der Waals surface area contributed by atoms with E-state index in [1.807, 2.05) is 12.1 Å². The van der Waals surface area contributed by atoms with E-state index in [1.54, 1.807) is 0 Å². The molecule has 0 aromatic heterocycles. The Morgan fingerprint density at radius 3 is 3.07 bits per heavy atom. The predicted octanol–water partition coefficient (Wildman–Crippen LogP) is 2.05. The highest BCUT2D eigenvalue weighted by atomic mass is 35.5. The quantitative estimate of drug-likeness (QED) is 0.810. The number of aryl methyl sites for hydroxylation is 1. The van der Waals surface area contributed by atoms with Crippen LogP contribution in [0.2, 0.25) is 5.02 Å². The van der Waals surface area contributed by atoms with Crippen molar-refractivity contribution in [2.75, 3.05) is 24.5 Å². The maximum absolute atomic E-state index is 5.98. The monoisotopic (exact) mass is 210 g/mol. The Morgan fingerprint density at radius 2 is 2.29 bits per heavy atom. The summed E-state index contributed by atoms with van der Waals surface area (Å²) in [5.74, 6) is 0. The summed E-state index contributed by atoms with van der Waals surface area (Å²) in [6, 6.07) is 6.14. The average molecular weight is 211 g/mol. The van der Waals surface area contributed by atoms with Gasteiger partial charge in [-0.1, -0.05) is 17.7 Å². The Morgan fingerprint density at radius 1 is 1.43 bits per heavy atom. The summed E-state index contributed by atoms with van der Waals surface area (Å²) in [7, 11) is 0. The second-order valence-corrected chi connectivity index (χ2v) is 4.09. The third kappa shape index (κ3) is 1.86. The van der Waals surface area contributed by atoms with Crippen LogP contribution < -0.4 is 10.6 Å². The number of nitrogens with zero attached hydrogens (tertiary/aromatic N) is 1. The summed E-state index contributed by atoms with van der Waals surface area (Å²) >= 11 is 5.98. The fourth-order valence-electron chi connectivity index (χ4n) is 2.01. The van der Waals surface area contributed by atoms with Crippen LogP contribution in [0.3, 0.4) is 0 Å². The van der Waals surface area contributed by atoms with E-state index in [0.29, 0.717) is 6.54 Å². The smallest absolute Gasteiger partial charge is 0.0426 e. The first-order valence-electron chi connectivity index (χ1n) is 5.04. The molecule has 3 heteroatoms. The highest BCUT2D eigenvalue weighted by Crippen LogP contribution is 2.29. The van der Waals surface area contributed by atoms with Crippen LogP contribution in [-0.2, 0) is 6.42 Å². The van der Waals surface area contributed by atoms with E-state index in [1.165, 1.54) is 17.7 Å². The fraction of sp³-hybridized carbons (Fsp3) is 0.455. The molecule has 14 heavy (non-hydrogen) atoms. The SMILES string of the molecule is NCCN1CCCc2ccc(Cl)cc21. The molecule has 0 spiro atoms. The van der Waals surface area contributed by atoms with Gasteiger partial charge in [0, 0.05) is 30.3 Å². The van der Waals surface area contributed by atoms with Gasteiger partial charge < -0.3 is 10.6 Å². The van der Waals surface area contributed by atoms with Gasteiger partial charge in [-0.2, -0.15) is 0 Å². The first kappa shape index (κ1) is 9.81. The van der Waals surface area contributed by atoms with Crippen molar-refractivity contribution in [3.63, 3.8) is 0 Å². The van der Waals surface area contributed by atoms with Gasteiger partial charge in [0.25, 0.3) is 0 Å². The molecule has 1 aliphatic heterocycles. The third-order valence-electron chi connectivity index (χ3n) is 2.66. The molecule has 0 bridgehead atoms. The summed E-state index contributed by atoms with van der Waals surface area (Å²) in [5.41, 5.74) is 8.25. The molecule has 1 aromatic carbocycles. The van der Waals surface area contributed by atoms with Crippen LogP contribution in [0.1, 0.15) is 12.0 Å². The normalized spacial score (nSPS) is 15.4. The zero-order chi connectivity index (χ0) is 9.97. The summed E-state index contributed by atoms with van der Waals surface area (Å²) in [6.07, 6.45) is 2.38. The van der Waals surface area contributed by atoms with Crippen LogP contribution in [0, 0.1) is 0 Å². The minimum Gasteiger partial charge on any atom is -0.370 e. The van der Waals surface area contributed by atoms with E-state index < -0.39 is 0 Å². The van der Waals surface area contributed by atoms with Gasteiger partial charge in [0.2, 0.25) is 0 Å². The summed E-state index contributed by atoms with van der Waals surface area (Å²) < 4.78 is 0. The lowest BCUT2D eigenvalue weighted by molar-refractivity contribution is 0.692. The maximum Gasteiger partial charge on any atom is 0.0426 e. The van der Waals surface area contributed by atoms with Crippen molar-refractivity contribution in [3.05, 3.63) is 28.8 Å². The molecule has 1 heterocycles. The van der Waals surface area contributed by atoms with Crippen LogP contribution in [0.25, 0.3) is 0 Å². The maximum atomic E-state index is 5.98. The Hall–Kier alpha value is -0.730. The molecule has 76 valence electrons. The van der Waals surface area contributed by atoms with Gasteiger partial charge in [-0.15, -0.1) is 0 Å². The molecule has 2 nitrogen and oxygen atoms in total. The lowest BCUT2D eigenvalue weighted by Crippen LogP contribution is -2.33. The van der Waals surface area contributed by atoms with Crippen molar-refractivity contribution < 1.29 is 0 Å². The number of nitrogens with two attached hydrogens (primary N) is 1. The molecular formula is C11H15ClN2. The zero-order valence-corrected chi connectivity index (χ0v) is 8.93. The largest absolute Gasteiger partial charge is 0.370 e. The Bertz CT molecular complexity index is 325. The number of halogens is 1. The van der Waals surface area contributed by atoms with Gasteiger partial charge in [0.05, 0.1) is 0 Å². The van der Waals surface area contributed by atoms with E-state index >= 15 is 0 Å². The van der Waals surface area contributed by atoms with Crippen LogP contribution in [-0.4, -0.2) is 19.6 Å². The first-order chi connectivity index (χ1) is 6.81. The molecule has 0 amide bonds.